The molecule has 0 saturated carbocycles. The summed E-state index contributed by atoms with van der Waals surface area (Å²) < 4.78 is 0. The number of hydroxylamine groups is 1. The van der Waals surface area contributed by atoms with Crippen molar-refractivity contribution >= 4 is 29.1 Å². The van der Waals surface area contributed by atoms with E-state index in [1.165, 1.54) is 12.1 Å². The predicted molar refractivity (Wildman–Crippen MR) is 55.6 cm³/mol. The van der Waals surface area contributed by atoms with Crippen LogP contribution in [0.25, 0.3) is 0 Å². The van der Waals surface area contributed by atoms with Gasteiger partial charge in [0, 0.05) is 15.6 Å². The molecule has 0 saturated heterocycles. The van der Waals surface area contributed by atoms with Crippen LogP contribution < -0.4 is 5.48 Å². The lowest BCUT2D eigenvalue weighted by Crippen LogP contribution is -2.23. The highest BCUT2D eigenvalue weighted by Crippen LogP contribution is 2.18. The molecule has 0 fully saturated rings. The number of amides is 1. The van der Waals surface area contributed by atoms with Crippen molar-refractivity contribution < 1.29 is 9.63 Å². The van der Waals surface area contributed by atoms with Gasteiger partial charge in [-0.25, -0.2) is 5.48 Å². The molecule has 1 aromatic rings. The van der Waals surface area contributed by atoms with Gasteiger partial charge < -0.3 is 0 Å². The average Bonchev–Trinajstić information content (AvgIpc) is 2.12. The molecule has 1 aromatic carbocycles. The lowest BCUT2D eigenvalue weighted by Gasteiger charge is -2.04. The predicted octanol–water partition coefficient (Wildman–Crippen LogP) is 2.67. The van der Waals surface area contributed by atoms with Crippen molar-refractivity contribution in [3.8, 4) is 0 Å². The first-order valence-electron chi connectivity index (χ1n) is 4.01. The van der Waals surface area contributed by atoms with Gasteiger partial charge in [0.05, 0.1) is 6.61 Å². The standard InChI is InChI=1S/C9H9Cl2NO2/c1-2-14-12-9(13)6-3-7(10)5-8(11)4-6/h3-5H,2H2,1H3,(H,12,13). The van der Waals surface area contributed by atoms with Crippen LogP contribution in [-0.2, 0) is 4.84 Å². The monoisotopic (exact) mass is 233 g/mol. The van der Waals surface area contributed by atoms with E-state index in [4.69, 9.17) is 28.0 Å². The lowest BCUT2D eigenvalue weighted by atomic mass is 10.2. The third-order valence-electron chi connectivity index (χ3n) is 1.43. The molecule has 1 rings (SSSR count). The Labute approximate surface area is 91.9 Å². The van der Waals surface area contributed by atoms with E-state index >= 15 is 0 Å². The summed E-state index contributed by atoms with van der Waals surface area (Å²) in [6.07, 6.45) is 0. The molecule has 0 atom stereocenters. The minimum absolute atomic E-state index is 0.365. The fraction of sp³-hybridized carbons (Fsp3) is 0.222. The summed E-state index contributed by atoms with van der Waals surface area (Å²) in [5, 5.41) is 0.832. The summed E-state index contributed by atoms with van der Waals surface area (Å²) in [6, 6.07) is 4.59. The largest absolute Gasteiger partial charge is 0.274 e. The Hall–Kier alpha value is -0.770. The van der Waals surface area contributed by atoms with E-state index in [1.807, 2.05) is 0 Å². The van der Waals surface area contributed by atoms with E-state index in [2.05, 4.69) is 5.48 Å². The van der Waals surface area contributed by atoms with Crippen LogP contribution in [0, 0.1) is 0 Å². The van der Waals surface area contributed by atoms with Gasteiger partial charge in [-0.3, -0.25) is 9.63 Å². The quantitative estimate of drug-likeness (QED) is 0.816. The van der Waals surface area contributed by atoms with Gasteiger partial charge in [0.15, 0.2) is 0 Å². The number of carbonyl (C=O) groups excluding carboxylic acids is 1. The van der Waals surface area contributed by atoms with Gasteiger partial charge in [-0.1, -0.05) is 23.2 Å². The first kappa shape index (κ1) is 11.3. The molecule has 14 heavy (non-hydrogen) atoms. The van der Waals surface area contributed by atoms with Gasteiger partial charge >= 0.3 is 0 Å². The number of hydrogen-bond donors (Lipinski definition) is 1. The van der Waals surface area contributed by atoms with Crippen molar-refractivity contribution in [1.29, 1.82) is 0 Å². The molecular weight excluding hydrogens is 225 g/mol. The highest BCUT2D eigenvalue weighted by Gasteiger charge is 2.06. The second-order valence-electron chi connectivity index (χ2n) is 2.52. The molecule has 0 aliphatic heterocycles. The molecule has 0 aromatic heterocycles. The van der Waals surface area contributed by atoms with E-state index < -0.39 is 0 Å². The first-order valence-corrected chi connectivity index (χ1v) is 4.77. The number of hydrogen-bond acceptors (Lipinski definition) is 2. The van der Waals surface area contributed by atoms with Crippen molar-refractivity contribution in [2.24, 2.45) is 0 Å². The molecule has 1 N–H and O–H groups in total. The minimum Gasteiger partial charge on any atom is -0.274 e. The van der Waals surface area contributed by atoms with Crippen LogP contribution in [-0.4, -0.2) is 12.5 Å². The Morgan fingerprint density at radius 3 is 2.43 bits per heavy atom. The van der Waals surface area contributed by atoms with Crippen LogP contribution in [0.4, 0.5) is 0 Å². The summed E-state index contributed by atoms with van der Waals surface area (Å²) >= 11 is 11.4. The molecule has 1 amide bonds. The van der Waals surface area contributed by atoms with Crippen LogP contribution in [0.1, 0.15) is 17.3 Å². The molecule has 0 aliphatic rings. The van der Waals surface area contributed by atoms with Crippen molar-refractivity contribution in [3.05, 3.63) is 33.8 Å². The second kappa shape index (κ2) is 5.20. The highest BCUT2D eigenvalue weighted by molar-refractivity contribution is 6.35. The Morgan fingerprint density at radius 1 is 1.36 bits per heavy atom. The van der Waals surface area contributed by atoms with Gasteiger partial charge in [-0.15, -0.1) is 0 Å². The van der Waals surface area contributed by atoms with Crippen LogP contribution >= 0.6 is 23.2 Å². The SMILES string of the molecule is CCONC(=O)c1cc(Cl)cc(Cl)c1. The number of benzene rings is 1. The number of nitrogens with one attached hydrogen (secondary N) is 1. The second-order valence-corrected chi connectivity index (χ2v) is 3.40. The third kappa shape index (κ3) is 3.18. The number of carbonyl (C=O) groups is 1. The van der Waals surface area contributed by atoms with Crippen molar-refractivity contribution in [2.45, 2.75) is 6.92 Å². The van der Waals surface area contributed by atoms with Gasteiger partial charge in [0.2, 0.25) is 0 Å². The van der Waals surface area contributed by atoms with Crippen LogP contribution in [0.15, 0.2) is 18.2 Å². The van der Waals surface area contributed by atoms with Crippen molar-refractivity contribution in [1.82, 2.24) is 5.48 Å². The smallest absolute Gasteiger partial charge is 0.274 e. The Balaban J connectivity index is 2.79. The molecule has 0 unspecified atom stereocenters. The lowest BCUT2D eigenvalue weighted by molar-refractivity contribution is 0.0364. The molecule has 76 valence electrons. The Kier molecular flexibility index (Phi) is 4.20. The van der Waals surface area contributed by atoms with E-state index in [0.717, 1.165) is 0 Å². The molecule has 5 heteroatoms. The van der Waals surface area contributed by atoms with Crippen LogP contribution in [0.3, 0.4) is 0 Å². The zero-order chi connectivity index (χ0) is 10.6. The average molecular weight is 234 g/mol. The topological polar surface area (TPSA) is 38.3 Å². The fourth-order valence-corrected chi connectivity index (χ4v) is 1.41. The zero-order valence-electron chi connectivity index (χ0n) is 7.51. The molecule has 3 nitrogen and oxygen atoms in total. The number of rotatable bonds is 3. The Morgan fingerprint density at radius 2 is 1.93 bits per heavy atom. The summed E-state index contributed by atoms with van der Waals surface area (Å²) in [7, 11) is 0. The Bertz CT molecular complexity index is 321. The van der Waals surface area contributed by atoms with E-state index in [1.54, 1.807) is 13.0 Å². The summed E-state index contributed by atoms with van der Waals surface area (Å²) in [5.74, 6) is -0.365. The maximum atomic E-state index is 11.4. The highest BCUT2D eigenvalue weighted by atomic mass is 35.5. The molecule has 0 spiro atoms. The van der Waals surface area contributed by atoms with E-state index in [0.29, 0.717) is 22.2 Å². The first-order chi connectivity index (χ1) is 6.63. The van der Waals surface area contributed by atoms with Crippen molar-refractivity contribution in [3.63, 3.8) is 0 Å². The van der Waals surface area contributed by atoms with E-state index in [9.17, 15) is 4.79 Å². The summed E-state index contributed by atoms with van der Waals surface area (Å²) in [5.41, 5.74) is 2.62. The maximum Gasteiger partial charge on any atom is 0.274 e. The molecule has 0 radical (unpaired) electrons. The molecule has 0 aliphatic carbocycles. The summed E-state index contributed by atoms with van der Waals surface area (Å²) in [6.45, 7) is 2.17. The minimum atomic E-state index is -0.365. The third-order valence-corrected chi connectivity index (χ3v) is 1.87. The normalized spacial score (nSPS) is 9.93. The van der Waals surface area contributed by atoms with Gasteiger partial charge in [-0.05, 0) is 25.1 Å². The summed E-state index contributed by atoms with van der Waals surface area (Å²) in [4.78, 5) is 16.1. The van der Waals surface area contributed by atoms with Crippen LogP contribution in [0.2, 0.25) is 10.0 Å². The zero-order valence-corrected chi connectivity index (χ0v) is 9.02. The molecular formula is C9H9Cl2NO2. The molecule has 0 bridgehead atoms. The maximum absolute atomic E-state index is 11.4. The van der Waals surface area contributed by atoms with Gasteiger partial charge in [-0.2, -0.15) is 0 Å². The van der Waals surface area contributed by atoms with Gasteiger partial charge in [0.1, 0.15) is 0 Å². The van der Waals surface area contributed by atoms with E-state index in [-0.39, 0.29) is 5.91 Å². The van der Waals surface area contributed by atoms with Crippen LogP contribution in [0.5, 0.6) is 0 Å². The molecule has 0 heterocycles. The number of halogens is 2. The van der Waals surface area contributed by atoms with Gasteiger partial charge in [0.25, 0.3) is 5.91 Å². The fourth-order valence-electron chi connectivity index (χ4n) is 0.882. The van der Waals surface area contributed by atoms with Crippen molar-refractivity contribution in [2.75, 3.05) is 6.61 Å².